The number of anilines is 1. The van der Waals surface area contributed by atoms with Crippen LogP contribution < -0.4 is 5.32 Å². The zero-order valence-corrected chi connectivity index (χ0v) is 15.8. The van der Waals surface area contributed by atoms with Gasteiger partial charge in [-0.3, -0.25) is 9.36 Å². The fourth-order valence-corrected chi connectivity index (χ4v) is 3.31. The summed E-state index contributed by atoms with van der Waals surface area (Å²) in [6.07, 6.45) is 1.71. The Morgan fingerprint density at radius 2 is 1.96 bits per heavy atom. The van der Waals surface area contributed by atoms with Gasteiger partial charge in [0.1, 0.15) is 5.82 Å². The molecule has 0 aliphatic carbocycles. The molecule has 1 aromatic heterocycles. The van der Waals surface area contributed by atoms with E-state index >= 15 is 0 Å². The van der Waals surface area contributed by atoms with Crippen LogP contribution in [0, 0.1) is 5.82 Å². The number of nitrogens with one attached hydrogen (secondary N) is 1. The largest absolute Gasteiger partial charge is 0.324 e. The van der Waals surface area contributed by atoms with E-state index in [4.69, 9.17) is 11.6 Å². The van der Waals surface area contributed by atoms with Crippen molar-refractivity contribution in [3.63, 3.8) is 0 Å². The van der Waals surface area contributed by atoms with Gasteiger partial charge in [-0.05, 0) is 36.4 Å². The molecular formula is C19H16ClFN4OS. The van der Waals surface area contributed by atoms with Crippen molar-refractivity contribution in [1.29, 1.82) is 0 Å². The quantitative estimate of drug-likeness (QED) is 0.461. The number of carbonyl (C=O) groups is 1. The minimum atomic E-state index is -0.320. The zero-order chi connectivity index (χ0) is 19.2. The number of benzene rings is 2. The number of halogens is 2. The normalized spacial score (nSPS) is 10.6. The van der Waals surface area contributed by atoms with E-state index in [1.165, 1.54) is 23.9 Å². The maximum atomic E-state index is 13.2. The second-order valence-corrected chi connectivity index (χ2v) is 6.88. The molecule has 2 aromatic carbocycles. The molecule has 138 valence electrons. The molecule has 1 heterocycles. The molecule has 0 aliphatic rings. The van der Waals surface area contributed by atoms with Gasteiger partial charge in [-0.1, -0.05) is 41.6 Å². The number of allylic oxidation sites excluding steroid dienone is 1. The van der Waals surface area contributed by atoms with Gasteiger partial charge >= 0.3 is 0 Å². The van der Waals surface area contributed by atoms with Crippen LogP contribution in [-0.2, 0) is 11.3 Å². The lowest BCUT2D eigenvalue weighted by molar-refractivity contribution is -0.113. The van der Waals surface area contributed by atoms with Crippen molar-refractivity contribution < 1.29 is 9.18 Å². The number of hydrogen-bond acceptors (Lipinski definition) is 4. The Morgan fingerprint density at radius 3 is 2.67 bits per heavy atom. The SMILES string of the molecule is C=CCn1c(SCC(=O)Nc2ccccc2Cl)nnc1-c1ccc(F)cc1. The highest BCUT2D eigenvalue weighted by Gasteiger charge is 2.15. The minimum Gasteiger partial charge on any atom is -0.324 e. The second-order valence-electron chi connectivity index (χ2n) is 5.53. The second kappa shape index (κ2) is 8.83. The van der Waals surface area contributed by atoms with Gasteiger partial charge in [0, 0.05) is 12.1 Å². The Balaban J connectivity index is 1.73. The van der Waals surface area contributed by atoms with Crippen LogP contribution >= 0.6 is 23.4 Å². The Labute approximate surface area is 165 Å². The fraction of sp³-hybridized carbons (Fsp3) is 0.105. The molecule has 8 heteroatoms. The topological polar surface area (TPSA) is 59.8 Å². The van der Waals surface area contributed by atoms with Crippen molar-refractivity contribution in [2.75, 3.05) is 11.1 Å². The summed E-state index contributed by atoms with van der Waals surface area (Å²) in [6.45, 7) is 4.21. The number of hydrogen-bond donors (Lipinski definition) is 1. The van der Waals surface area contributed by atoms with E-state index in [1.807, 2.05) is 4.57 Å². The first-order valence-electron chi connectivity index (χ1n) is 8.05. The Morgan fingerprint density at radius 1 is 1.22 bits per heavy atom. The van der Waals surface area contributed by atoms with Crippen molar-refractivity contribution in [2.45, 2.75) is 11.7 Å². The van der Waals surface area contributed by atoms with Crippen molar-refractivity contribution in [1.82, 2.24) is 14.8 Å². The van der Waals surface area contributed by atoms with Crippen LogP contribution in [0.1, 0.15) is 0 Å². The Bertz CT molecular complexity index is 959. The average molecular weight is 403 g/mol. The molecule has 0 saturated carbocycles. The van der Waals surface area contributed by atoms with Crippen LogP contribution in [0.15, 0.2) is 66.3 Å². The van der Waals surface area contributed by atoms with Crippen molar-refractivity contribution in [3.05, 3.63) is 72.0 Å². The van der Waals surface area contributed by atoms with E-state index in [1.54, 1.807) is 42.5 Å². The number of rotatable bonds is 7. The average Bonchev–Trinajstić information content (AvgIpc) is 3.06. The summed E-state index contributed by atoms with van der Waals surface area (Å²) in [5.41, 5.74) is 1.29. The first kappa shape index (κ1) is 19.1. The molecule has 3 rings (SSSR count). The lowest BCUT2D eigenvalue weighted by atomic mass is 10.2. The van der Waals surface area contributed by atoms with Crippen LogP contribution in [0.5, 0.6) is 0 Å². The summed E-state index contributed by atoms with van der Waals surface area (Å²) < 4.78 is 15.0. The van der Waals surface area contributed by atoms with Crippen LogP contribution in [0.4, 0.5) is 10.1 Å². The van der Waals surface area contributed by atoms with Gasteiger partial charge < -0.3 is 5.32 Å². The molecule has 0 aliphatic heterocycles. The summed E-state index contributed by atoms with van der Waals surface area (Å²) in [4.78, 5) is 12.2. The highest BCUT2D eigenvalue weighted by molar-refractivity contribution is 7.99. The number of amides is 1. The Kier molecular flexibility index (Phi) is 6.26. The van der Waals surface area contributed by atoms with E-state index in [2.05, 4.69) is 22.1 Å². The van der Waals surface area contributed by atoms with Crippen molar-refractivity contribution >= 4 is 35.0 Å². The monoisotopic (exact) mass is 402 g/mol. The first-order chi connectivity index (χ1) is 13.1. The van der Waals surface area contributed by atoms with Crippen LogP contribution in [-0.4, -0.2) is 26.4 Å². The summed E-state index contributed by atoms with van der Waals surface area (Å²) in [5.74, 6) is 0.206. The minimum absolute atomic E-state index is 0.143. The number of thioether (sulfide) groups is 1. The third-order valence-electron chi connectivity index (χ3n) is 3.61. The predicted octanol–water partition coefficient (Wildman–Crippen LogP) is 4.65. The standard InChI is InChI=1S/C19H16ClFN4OS/c1-2-11-25-18(13-7-9-14(21)10-8-13)23-24-19(25)27-12-17(26)22-16-6-4-3-5-15(16)20/h2-10H,1,11-12H2,(H,22,26). The van der Waals surface area contributed by atoms with Crippen LogP contribution in [0.3, 0.4) is 0 Å². The molecule has 0 radical (unpaired) electrons. The molecule has 1 amide bonds. The van der Waals surface area contributed by atoms with Crippen LogP contribution in [0.25, 0.3) is 11.4 Å². The maximum absolute atomic E-state index is 13.2. The predicted molar refractivity (Wildman–Crippen MR) is 106 cm³/mol. The lowest BCUT2D eigenvalue weighted by Crippen LogP contribution is -2.15. The van der Waals surface area contributed by atoms with Gasteiger partial charge in [-0.15, -0.1) is 16.8 Å². The summed E-state index contributed by atoms with van der Waals surface area (Å²) >= 11 is 7.30. The number of nitrogens with zero attached hydrogens (tertiary/aromatic N) is 3. The molecular weight excluding hydrogens is 387 g/mol. The first-order valence-corrected chi connectivity index (χ1v) is 9.42. The molecule has 5 nitrogen and oxygen atoms in total. The van der Waals surface area contributed by atoms with Gasteiger partial charge in [-0.2, -0.15) is 0 Å². The zero-order valence-electron chi connectivity index (χ0n) is 14.2. The maximum Gasteiger partial charge on any atom is 0.234 e. The van der Waals surface area contributed by atoms with E-state index in [0.29, 0.717) is 28.2 Å². The fourth-order valence-electron chi connectivity index (χ4n) is 2.38. The van der Waals surface area contributed by atoms with Gasteiger partial charge in [-0.25, -0.2) is 4.39 Å². The molecule has 0 spiro atoms. The van der Waals surface area contributed by atoms with Gasteiger partial charge in [0.15, 0.2) is 11.0 Å². The van der Waals surface area contributed by atoms with E-state index in [9.17, 15) is 9.18 Å². The van der Waals surface area contributed by atoms with Crippen molar-refractivity contribution in [3.8, 4) is 11.4 Å². The van der Waals surface area contributed by atoms with Gasteiger partial charge in [0.25, 0.3) is 0 Å². The lowest BCUT2D eigenvalue weighted by Gasteiger charge is -2.09. The smallest absolute Gasteiger partial charge is 0.234 e. The number of carbonyl (C=O) groups excluding carboxylic acids is 1. The third kappa shape index (κ3) is 4.75. The molecule has 1 N–H and O–H groups in total. The van der Waals surface area contributed by atoms with E-state index in [-0.39, 0.29) is 17.5 Å². The Hall–Kier alpha value is -2.64. The summed E-state index contributed by atoms with van der Waals surface area (Å²) in [7, 11) is 0. The molecule has 0 fully saturated rings. The van der Waals surface area contributed by atoms with E-state index < -0.39 is 0 Å². The molecule has 27 heavy (non-hydrogen) atoms. The van der Waals surface area contributed by atoms with Crippen molar-refractivity contribution in [2.24, 2.45) is 0 Å². The van der Waals surface area contributed by atoms with Gasteiger partial charge in [0.2, 0.25) is 5.91 Å². The molecule has 0 atom stereocenters. The van der Waals surface area contributed by atoms with E-state index in [0.717, 1.165) is 5.56 Å². The highest BCUT2D eigenvalue weighted by Crippen LogP contribution is 2.25. The molecule has 0 bridgehead atoms. The summed E-state index contributed by atoms with van der Waals surface area (Å²) in [6, 6.07) is 13.0. The molecule has 0 unspecified atom stereocenters. The van der Waals surface area contributed by atoms with Crippen LogP contribution in [0.2, 0.25) is 5.02 Å². The third-order valence-corrected chi connectivity index (χ3v) is 4.91. The highest BCUT2D eigenvalue weighted by atomic mass is 35.5. The number of para-hydroxylation sites is 1. The van der Waals surface area contributed by atoms with Gasteiger partial charge in [0.05, 0.1) is 16.5 Å². The molecule has 0 saturated heterocycles. The number of aromatic nitrogens is 3. The summed E-state index contributed by atoms with van der Waals surface area (Å²) in [5, 5.41) is 12.2. The molecule has 3 aromatic rings.